The van der Waals surface area contributed by atoms with Crippen LogP contribution in [0.15, 0.2) is 29.7 Å². The minimum Gasteiger partial charge on any atom is -0.507 e. The van der Waals surface area contributed by atoms with Gasteiger partial charge in [0.15, 0.2) is 0 Å². The minimum absolute atomic E-state index is 0.745. The molecule has 2 unspecified atom stereocenters. The molecule has 122 valence electrons. The van der Waals surface area contributed by atoms with Gasteiger partial charge in [-0.3, -0.25) is 0 Å². The second-order valence-corrected chi connectivity index (χ2v) is 7.06. The Hall–Kier alpha value is -0.940. The molecule has 0 aromatic carbocycles. The molecule has 1 N–H and O–H groups in total. The molecule has 0 bridgehead atoms. The summed E-state index contributed by atoms with van der Waals surface area (Å²) in [5, 5.41) is 8.61. The average molecular weight is 293 g/mol. The highest BCUT2D eigenvalue weighted by Crippen LogP contribution is 2.20. The van der Waals surface area contributed by atoms with Crippen LogP contribution < -0.4 is 0 Å². The predicted octanol–water partition coefficient (Wildman–Crippen LogP) is 6.82. The van der Waals surface area contributed by atoms with E-state index in [1.807, 2.05) is 13.0 Å². The van der Waals surface area contributed by atoms with Gasteiger partial charge in [0.05, 0.1) is 0 Å². The van der Waals surface area contributed by atoms with Gasteiger partial charge in [0.2, 0.25) is 0 Å². The number of hydrogen-bond acceptors (Lipinski definition) is 1. The maximum Gasteiger partial charge on any atom is 0.122 e. The van der Waals surface area contributed by atoms with E-state index in [2.05, 4.69) is 39.5 Å². The second-order valence-electron chi connectivity index (χ2n) is 7.06. The molecule has 0 fully saturated rings. The molecule has 0 amide bonds. The van der Waals surface area contributed by atoms with Crippen LogP contribution in [-0.4, -0.2) is 5.11 Å². The average Bonchev–Trinajstić information content (AvgIpc) is 2.38. The van der Waals surface area contributed by atoms with Crippen molar-refractivity contribution in [3.8, 4) is 0 Å². The summed E-state index contributed by atoms with van der Waals surface area (Å²) in [6, 6.07) is 0. The Bertz CT molecular complexity index is 332. The Morgan fingerprint density at radius 3 is 2.10 bits per heavy atom. The van der Waals surface area contributed by atoms with Crippen molar-refractivity contribution in [1.29, 1.82) is 0 Å². The molecule has 0 aromatic heterocycles. The van der Waals surface area contributed by atoms with Crippen LogP contribution in [-0.2, 0) is 0 Å². The van der Waals surface area contributed by atoms with Gasteiger partial charge in [-0.15, -0.1) is 0 Å². The van der Waals surface area contributed by atoms with E-state index in [9.17, 15) is 0 Å². The van der Waals surface area contributed by atoms with E-state index in [0.29, 0.717) is 0 Å². The maximum atomic E-state index is 8.61. The molecule has 0 aliphatic heterocycles. The van der Waals surface area contributed by atoms with Crippen LogP contribution in [0.3, 0.4) is 0 Å². The third-order valence-corrected chi connectivity index (χ3v) is 4.07. The Kier molecular flexibility index (Phi) is 12.2. The highest BCUT2D eigenvalue weighted by atomic mass is 16.2. The first-order valence-corrected chi connectivity index (χ1v) is 8.68. The van der Waals surface area contributed by atoms with E-state index >= 15 is 0 Å². The Morgan fingerprint density at radius 2 is 1.52 bits per heavy atom. The van der Waals surface area contributed by atoms with Crippen LogP contribution in [0, 0.1) is 17.8 Å². The first-order valence-electron chi connectivity index (χ1n) is 8.68. The molecule has 1 heteroatoms. The van der Waals surface area contributed by atoms with Gasteiger partial charge in [0.1, 0.15) is 6.26 Å². The van der Waals surface area contributed by atoms with Gasteiger partial charge >= 0.3 is 0 Å². The molecule has 0 radical (unpaired) electrons. The zero-order valence-corrected chi connectivity index (χ0v) is 14.9. The summed E-state index contributed by atoms with van der Waals surface area (Å²) in [6.45, 7) is 11.3. The van der Waals surface area contributed by atoms with E-state index in [-0.39, 0.29) is 0 Å². The summed E-state index contributed by atoms with van der Waals surface area (Å²) < 4.78 is 0. The lowest BCUT2D eigenvalue weighted by atomic mass is 9.92. The predicted molar refractivity (Wildman–Crippen MR) is 94.5 cm³/mol. The number of hydrogen-bond donors (Lipinski definition) is 1. The summed E-state index contributed by atoms with van der Waals surface area (Å²) in [4.78, 5) is 0. The molecule has 0 spiro atoms. The highest BCUT2D eigenvalue weighted by molar-refractivity contribution is 5.14. The SMILES string of the molecule is CC(=C=CO)C=CCC(C)CCCC(C)CCCC(C)C. The molecule has 0 heterocycles. The summed E-state index contributed by atoms with van der Waals surface area (Å²) in [5.74, 6) is 2.48. The van der Waals surface area contributed by atoms with Crippen molar-refractivity contribution in [2.24, 2.45) is 17.8 Å². The smallest absolute Gasteiger partial charge is 0.122 e. The Labute approximate surface area is 132 Å². The Morgan fingerprint density at radius 1 is 0.952 bits per heavy atom. The lowest BCUT2D eigenvalue weighted by Gasteiger charge is -2.14. The first-order chi connectivity index (χ1) is 9.95. The maximum absolute atomic E-state index is 8.61. The molecule has 21 heavy (non-hydrogen) atoms. The molecule has 0 saturated heterocycles. The van der Waals surface area contributed by atoms with E-state index in [1.54, 1.807) is 0 Å². The molecule has 0 aliphatic rings. The zero-order chi connectivity index (χ0) is 16.1. The number of aliphatic hydroxyl groups excluding tert-OH is 1. The molecule has 2 atom stereocenters. The molecule has 0 saturated carbocycles. The third-order valence-electron chi connectivity index (χ3n) is 4.07. The topological polar surface area (TPSA) is 20.2 Å². The summed E-state index contributed by atoms with van der Waals surface area (Å²) in [7, 11) is 0. The largest absolute Gasteiger partial charge is 0.507 e. The fourth-order valence-electron chi connectivity index (χ4n) is 2.58. The van der Waals surface area contributed by atoms with Crippen LogP contribution in [0.5, 0.6) is 0 Å². The van der Waals surface area contributed by atoms with Gasteiger partial charge < -0.3 is 5.11 Å². The van der Waals surface area contributed by atoms with Crippen molar-refractivity contribution >= 4 is 0 Å². The second kappa shape index (κ2) is 12.8. The van der Waals surface area contributed by atoms with Crippen molar-refractivity contribution in [2.75, 3.05) is 0 Å². The van der Waals surface area contributed by atoms with E-state index in [1.165, 1.54) is 38.5 Å². The van der Waals surface area contributed by atoms with Crippen molar-refractivity contribution in [2.45, 2.75) is 79.6 Å². The van der Waals surface area contributed by atoms with Crippen molar-refractivity contribution in [3.63, 3.8) is 0 Å². The number of rotatable bonds is 11. The normalized spacial score (nSPS) is 14.2. The fraction of sp³-hybridized carbons (Fsp3) is 0.750. The molecule has 0 aliphatic carbocycles. The van der Waals surface area contributed by atoms with Gasteiger partial charge in [-0.25, -0.2) is 0 Å². The van der Waals surface area contributed by atoms with E-state index in [0.717, 1.165) is 36.0 Å². The van der Waals surface area contributed by atoms with Crippen molar-refractivity contribution in [1.82, 2.24) is 0 Å². The first kappa shape index (κ1) is 20.1. The van der Waals surface area contributed by atoms with Gasteiger partial charge in [0.25, 0.3) is 0 Å². The standard InChI is InChI=1S/C20H36O/c1-17(2)9-6-10-18(3)11-7-12-19(4)13-8-14-20(5)15-16-21/h8,14,16-19,21H,6-7,9-13H2,1-5H3. The van der Waals surface area contributed by atoms with Gasteiger partial charge in [-0.05, 0) is 36.7 Å². The lowest BCUT2D eigenvalue weighted by molar-refractivity contribution is 0.401. The summed E-state index contributed by atoms with van der Waals surface area (Å²) >= 11 is 0. The number of allylic oxidation sites excluding steroid dienone is 3. The molecule has 0 aromatic rings. The third kappa shape index (κ3) is 13.8. The van der Waals surface area contributed by atoms with Crippen LogP contribution >= 0.6 is 0 Å². The summed E-state index contributed by atoms with van der Waals surface area (Å²) in [6.07, 6.45) is 14.5. The molecule has 0 rings (SSSR count). The molecular weight excluding hydrogens is 256 g/mol. The van der Waals surface area contributed by atoms with Crippen LogP contribution in [0.1, 0.15) is 79.6 Å². The summed E-state index contributed by atoms with van der Waals surface area (Å²) in [5.41, 5.74) is 3.74. The minimum atomic E-state index is 0.745. The molecule has 1 nitrogen and oxygen atoms in total. The molecular formula is C20H36O. The van der Waals surface area contributed by atoms with E-state index < -0.39 is 0 Å². The lowest BCUT2D eigenvalue weighted by Crippen LogP contribution is -1.99. The van der Waals surface area contributed by atoms with Crippen LogP contribution in [0.25, 0.3) is 0 Å². The zero-order valence-electron chi connectivity index (χ0n) is 14.9. The van der Waals surface area contributed by atoms with Crippen molar-refractivity contribution in [3.05, 3.63) is 29.7 Å². The van der Waals surface area contributed by atoms with E-state index in [4.69, 9.17) is 5.11 Å². The van der Waals surface area contributed by atoms with Crippen molar-refractivity contribution < 1.29 is 5.11 Å². The monoisotopic (exact) mass is 292 g/mol. The number of aliphatic hydroxyl groups is 1. The van der Waals surface area contributed by atoms with Gasteiger partial charge in [-0.2, -0.15) is 0 Å². The van der Waals surface area contributed by atoms with Gasteiger partial charge in [-0.1, -0.05) is 84.1 Å². The highest BCUT2D eigenvalue weighted by Gasteiger charge is 2.05. The van der Waals surface area contributed by atoms with Crippen LogP contribution in [0.2, 0.25) is 0 Å². The fourth-order valence-corrected chi connectivity index (χ4v) is 2.58. The quantitative estimate of drug-likeness (QED) is 0.252. The Balaban J connectivity index is 3.69. The van der Waals surface area contributed by atoms with Crippen LogP contribution in [0.4, 0.5) is 0 Å². The van der Waals surface area contributed by atoms with Gasteiger partial charge in [0, 0.05) is 0 Å².